The van der Waals surface area contributed by atoms with Crippen molar-refractivity contribution >= 4 is 17.3 Å². The first-order valence-electron chi connectivity index (χ1n) is 3.25. The zero-order valence-electron chi connectivity index (χ0n) is 6.52. The highest BCUT2D eigenvalue weighted by Crippen LogP contribution is 2.30. The minimum atomic E-state index is 0.620. The molecule has 0 spiro atoms. The Labute approximate surface area is 70.9 Å². The molecule has 1 aromatic carbocycles. The molecule has 2 N–H and O–H groups in total. The number of nitrogens with two attached hydrogens (primary N) is 1. The van der Waals surface area contributed by atoms with Gasteiger partial charge in [-0.25, -0.2) is 0 Å². The van der Waals surface area contributed by atoms with Crippen LogP contribution in [-0.2, 0) is 0 Å². The second-order valence-electron chi connectivity index (χ2n) is 2.29. The summed E-state index contributed by atoms with van der Waals surface area (Å²) in [7, 11) is 1.58. The van der Waals surface area contributed by atoms with Gasteiger partial charge >= 0.3 is 0 Å². The molecule has 0 heterocycles. The Hall–Kier alpha value is -0.890. The molecule has 0 saturated heterocycles. The Balaban J connectivity index is 3.29. The van der Waals surface area contributed by atoms with E-state index in [0.29, 0.717) is 16.5 Å². The van der Waals surface area contributed by atoms with E-state index >= 15 is 0 Å². The number of rotatable bonds is 1. The second-order valence-corrected chi connectivity index (χ2v) is 2.70. The molecule has 0 aliphatic heterocycles. The van der Waals surface area contributed by atoms with Crippen LogP contribution in [0.25, 0.3) is 0 Å². The highest BCUT2D eigenvalue weighted by Gasteiger charge is 2.05. The van der Waals surface area contributed by atoms with Crippen LogP contribution in [0, 0.1) is 6.92 Å². The van der Waals surface area contributed by atoms with Crippen LogP contribution in [0.5, 0.6) is 5.75 Å². The van der Waals surface area contributed by atoms with E-state index in [-0.39, 0.29) is 0 Å². The molecule has 0 atom stereocenters. The van der Waals surface area contributed by atoms with Gasteiger partial charge in [0, 0.05) is 10.6 Å². The number of hydrogen-bond donors (Lipinski definition) is 1. The summed E-state index contributed by atoms with van der Waals surface area (Å²) < 4.78 is 5.05. The summed E-state index contributed by atoms with van der Waals surface area (Å²) in [5.74, 6) is 0.664. The average Bonchev–Trinajstić information content (AvgIpc) is 1.99. The lowest BCUT2D eigenvalue weighted by molar-refractivity contribution is 0.414. The van der Waals surface area contributed by atoms with E-state index in [9.17, 15) is 0 Å². The van der Waals surface area contributed by atoms with Crippen LogP contribution in [0.3, 0.4) is 0 Å². The number of ether oxygens (including phenoxy) is 1. The van der Waals surface area contributed by atoms with Crippen LogP contribution in [0.15, 0.2) is 12.1 Å². The molecular formula is C8H10ClNO. The van der Waals surface area contributed by atoms with E-state index in [4.69, 9.17) is 22.1 Å². The van der Waals surface area contributed by atoms with Crippen molar-refractivity contribution in [3.63, 3.8) is 0 Å². The molecule has 2 nitrogen and oxygen atoms in total. The van der Waals surface area contributed by atoms with Crippen molar-refractivity contribution in [1.82, 2.24) is 0 Å². The fourth-order valence-corrected chi connectivity index (χ4v) is 1.11. The second kappa shape index (κ2) is 3.01. The summed E-state index contributed by atoms with van der Waals surface area (Å²) in [5.41, 5.74) is 7.12. The first-order chi connectivity index (χ1) is 5.16. The zero-order valence-corrected chi connectivity index (χ0v) is 7.27. The van der Waals surface area contributed by atoms with Gasteiger partial charge in [0.15, 0.2) is 0 Å². The van der Waals surface area contributed by atoms with Gasteiger partial charge in [-0.3, -0.25) is 0 Å². The molecule has 0 fully saturated rings. The SMILES string of the molecule is COc1c(N)ccc(Cl)c1C. The first-order valence-corrected chi connectivity index (χ1v) is 3.63. The van der Waals surface area contributed by atoms with Gasteiger partial charge < -0.3 is 10.5 Å². The van der Waals surface area contributed by atoms with Gasteiger partial charge in [-0.05, 0) is 19.1 Å². The summed E-state index contributed by atoms with van der Waals surface area (Å²) in [6.45, 7) is 1.87. The Morgan fingerprint density at radius 1 is 1.45 bits per heavy atom. The smallest absolute Gasteiger partial charge is 0.146 e. The van der Waals surface area contributed by atoms with E-state index in [2.05, 4.69) is 0 Å². The van der Waals surface area contributed by atoms with Crippen LogP contribution >= 0.6 is 11.6 Å². The molecule has 0 aliphatic carbocycles. The molecule has 0 saturated carbocycles. The van der Waals surface area contributed by atoms with E-state index in [1.807, 2.05) is 6.92 Å². The van der Waals surface area contributed by atoms with Gasteiger partial charge in [0.1, 0.15) is 5.75 Å². The largest absolute Gasteiger partial charge is 0.494 e. The van der Waals surface area contributed by atoms with Crippen molar-refractivity contribution in [1.29, 1.82) is 0 Å². The summed E-state index contributed by atoms with van der Waals surface area (Å²) in [6.07, 6.45) is 0. The Bertz CT molecular complexity index is 273. The number of methoxy groups -OCH3 is 1. The average molecular weight is 172 g/mol. The van der Waals surface area contributed by atoms with Crippen LogP contribution in [0.2, 0.25) is 5.02 Å². The van der Waals surface area contributed by atoms with Crippen LogP contribution in [0.1, 0.15) is 5.56 Å². The minimum Gasteiger partial charge on any atom is -0.494 e. The Kier molecular flexibility index (Phi) is 2.25. The highest BCUT2D eigenvalue weighted by atomic mass is 35.5. The third-order valence-electron chi connectivity index (χ3n) is 1.57. The van der Waals surface area contributed by atoms with Gasteiger partial charge in [0.25, 0.3) is 0 Å². The maximum absolute atomic E-state index is 5.83. The molecule has 3 heteroatoms. The quantitative estimate of drug-likeness (QED) is 0.658. The molecule has 60 valence electrons. The van der Waals surface area contributed by atoms with Crippen molar-refractivity contribution in [3.05, 3.63) is 22.7 Å². The predicted octanol–water partition coefficient (Wildman–Crippen LogP) is 2.24. The summed E-state index contributed by atoms with van der Waals surface area (Å²) in [4.78, 5) is 0. The highest BCUT2D eigenvalue weighted by molar-refractivity contribution is 6.31. The molecule has 0 unspecified atom stereocenters. The fraction of sp³-hybridized carbons (Fsp3) is 0.250. The normalized spacial score (nSPS) is 9.73. The number of nitrogen functional groups attached to an aromatic ring is 1. The van der Waals surface area contributed by atoms with Crippen molar-refractivity contribution in [2.75, 3.05) is 12.8 Å². The van der Waals surface area contributed by atoms with E-state index in [1.165, 1.54) is 0 Å². The van der Waals surface area contributed by atoms with E-state index in [1.54, 1.807) is 19.2 Å². The molecule has 11 heavy (non-hydrogen) atoms. The Morgan fingerprint density at radius 3 is 2.55 bits per heavy atom. The van der Waals surface area contributed by atoms with Gasteiger partial charge in [-0.1, -0.05) is 11.6 Å². The van der Waals surface area contributed by atoms with E-state index < -0.39 is 0 Å². The Morgan fingerprint density at radius 2 is 2.09 bits per heavy atom. The van der Waals surface area contributed by atoms with Crippen LogP contribution in [0.4, 0.5) is 5.69 Å². The molecule has 0 bridgehead atoms. The van der Waals surface area contributed by atoms with Crippen molar-refractivity contribution in [2.24, 2.45) is 0 Å². The van der Waals surface area contributed by atoms with Gasteiger partial charge in [-0.2, -0.15) is 0 Å². The predicted molar refractivity (Wildman–Crippen MR) is 47.2 cm³/mol. The lowest BCUT2D eigenvalue weighted by Gasteiger charge is -2.08. The summed E-state index contributed by atoms with van der Waals surface area (Å²) in [5, 5.41) is 0.677. The lowest BCUT2D eigenvalue weighted by Crippen LogP contribution is -1.94. The number of hydrogen-bond acceptors (Lipinski definition) is 2. The van der Waals surface area contributed by atoms with Gasteiger partial charge in [0.05, 0.1) is 12.8 Å². The number of halogens is 1. The third-order valence-corrected chi connectivity index (χ3v) is 1.98. The monoisotopic (exact) mass is 171 g/mol. The summed E-state index contributed by atoms with van der Waals surface area (Å²) >= 11 is 5.83. The third kappa shape index (κ3) is 1.40. The summed E-state index contributed by atoms with van der Waals surface area (Å²) in [6, 6.07) is 3.49. The zero-order chi connectivity index (χ0) is 8.43. The van der Waals surface area contributed by atoms with Crippen molar-refractivity contribution in [3.8, 4) is 5.75 Å². The molecule has 0 amide bonds. The van der Waals surface area contributed by atoms with Crippen LogP contribution in [-0.4, -0.2) is 7.11 Å². The standard InChI is InChI=1S/C8H10ClNO/c1-5-6(9)3-4-7(10)8(5)11-2/h3-4H,10H2,1-2H3. The topological polar surface area (TPSA) is 35.2 Å². The molecule has 0 aliphatic rings. The van der Waals surface area contributed by atoms with Gasteiger partial charge in [-0.15, -0.1) is 0 Å². The van der Waals surface area contributed by atoms with Crippen LogP contribution < -0.4 is 10.5 Å². The molecule has 0 radical (unpaired) electrons. The molecule has 1 aromatic rings. The maximum atomic E-state index is 5.83. The lowest BCUT2D eigenvalue weighted by atomic mass is 10.2. The van der Waals surface area contributed by atoms with Gasteiger partial charge in [0.2, 0.25) is 0 Å². The molecule has 1 rings (SSSR count). The molecular weight excluding hydrogens is 162 g/mol. The number of anilines is 1. The maximum Gasteiger partial charge on any atom is 0.146 e. The minimum absolute atomic E-state index is 0.620. The number of benzene rings is 1. The van der Waals surface area contributed by atoms with Crippen molar-refractivity contribution < 1.29 is 4.74 Å². The van der Waals surface area contributed by atoms with E-state index in [0.717, 1.165) is 5.56 Å². The first kappa shape index (κ1) is 8.21. The molecule has 0 aromatic heterocycles. The fourth-order valence-electron chi connectivity index (χ4n) is 0.960. The van der Waals surface area contributed by atoms with Crippen molar-refractivity contribution in [2.45, 2.75) is 6.92 Å².